The van der Waals surface area contributed by atoms with Gasteiger partial charge >= 0.3 is 6.54 Å². The van der Waals surface area contributed by atoms with Crippen molar-refractivity contribution in [3.8, 4) is 12.6 Å². The zero-order valence-corrected chi connectivity index (χ0v) is 9.24. The molecule has 2 rings (SSSR count). The molecule has 2 heterocycles. The van der Waals surface area contributed by atoms with Gasteiger partial charge in [0.05, 0.1) is 5.69 Å². The molecule has 0 spiro atoms. The summed E-state index contributed by atoms with van der Waals surface area (Å²) in [6.07, 6.45) is 1.59. The summed E-state index contributed by atoms with van der Waals surface area (Å²) >= 11 is 5.67. The molecular formula is C10H6ClFN5+. The lowest BCUT2D eigenvalue weighted by Gasteiger charge is -2.09. The summed E-state index contributed by atoms with van der Waals surface area (Å²) < 4.78 is 13.8. The highest BCUT2D eigenvalue weighted by Crippen LogP contribution is 2.36. The number of rotatable bonds is 2. The molecule has 84 valence electrons. The molecule has 1 aromatic heterocycles. The number of hydrogen-bond acceptors (Lipinski definition) is 4. The Kier molecular flexibility index (Phi) is 2.58. The van der Waals surface area contributed by atoms with E-state index in [-0.39, 0.29) is 28.8 Å². The minimum Gasteiger partial charge on any atom is -0.395 e. The molecule has 17 heavy (non-hydrogen) atoms. The van der Waals surface area contributed by atoms with Gasteiger partial charge in [0.25, 0.3) is 6.57 Å². The van der Waals surface area contributed by atoms with Crippen LogP contribution in [0, 0.1) is 23.7 Å². The molecule has 2 N–H and O–H groups in total. The topological polar surface area (TPSA) is 70.1 Å². The second kappa shape index (κ2) is 3.93. The molecule has 1 aliphatic rings. The third kappa shape index (κ3) is 1.75. The summed E-state index contributed by atoms with van der Waals surface area (Å²) in [5.74, 6) is -0.834. The van der Waals surface area contributed by atoms with E-state index in [0.717, 1.165) is 0 Å². The number of anilines is 2. The smallest absolute Gasteiger partial charge is 0.304 e. The van der Waals surface area contributed by atoms with Gasteiger partial charge < -0.3 is 5.73 Å². The summed E-state index contributed by atoms with van der Waals surface area (Å²) in [5.41, 5.74) is 5.72. The number of aromatic nitrogens is 1. The molecule has 0 aromatic carbocycles. The van der Waals surface area contributed by atoms with Crippen LogP contribution in [0.2, 0.25) is 5.02 Å². The molecule has 0 radical (unpaired) electrons. The first-order valence-electron chi connectivity index (χ1n) is 4.51. The van der Waals surface area contributed by atoms with Crippen molar-refractivity contribution < 1.29 is 4.39 Å². The predicted molar refractivity (Wildman–Crippen MR) is 62.1 cm³/mol. The van der Waals surface area contributed by atoms with Crippen LogP contribution in [0.1, 0.15) is 5.69 Å². The van der Waals surface area contributed by atoms with Crippen molar-refractivity contribution in [3.63, 3.8) is 0 Å². The summed E-state index contributed by atoms with van der Waals surface area (Å²) in [4.78, 5) is 8.61. The molecule has 0 saturated carbocycles. The first kappa shape index (κ1) is 11.2. The van der Waals surface area contributed by atoms with E-state index in [4.69, 9.17) is 29.2 Å². The third-order valence-electron chi connectivity index (χ3n) is 2.20. The highest BCUT2D eigenvalue weighted by molar-refractivity contribution is 6.34. The fourth-order valence-electron chi connectivity index (χ4n) is 1.31. The molecule has 1 aliphatic heterocycles. The van der Waals surface area contributed by atoms with Crippen molar-refractivity contribution in [2.45, 2.75) is 0 Å². The van der Waals surface area contributed by atoms with Crippen LogP contribution < -0.4 is 10.6 Å². The highest BCUT2D eigenvalue weighted by atomic mass is 35.5. The molecule has 5 nitrogen and oxygen atoms in total. The predicted octanol–water partition coefficient (Wildman–Crippen LogP) is 1.95. The van der Waals surface area contributed by atoms with Gasteiger partial charge in [0.2, 0.25) is 0 Å². The number of nitrogens with two attached hydrogens (primary N) is 1. The van der Waals surface area contributed by atoms with E-state index in [0.29, 0.717) is 5.70 Å². The quantitative estimate of drug-likeness (QED) is 0.871. The van der Waals surface area contributed by atoms with Crippen LogP contribution in [0.3, 0.4) is 0 Å². The maximum Gasteiger partial charge on any atom is 0.304 e. The largest absolute Gasteiger partial charge is 0.395 e. The van der Waals surface area contributed by atoms with Crippen LogP contribution >= 0.6 is 11.6 Å². The minimum atomic E-state index is -0.766. The summed E-state index contributed by atoms with van der Waals surface area (Å²) in [5, 5.41) is 8.60. The molecular weight excluding hydrogens is 245 g/mol. The molecule has 0 amide bonds. The van der Waals surface area contributed by atoms with Gasteiger partial charge in [-0.25, -0.2) is 9.37 Å². The van der Waals surface area contributed by atoms with Crippen molar-refractivity contribution in [2.24, 2.45) is 0 Å². The third-order valence-corrected chi connectivity index (χ3v) is 2.58. The fourth-order valence-corrected chi connectivity index (χ4v) is 1.48. The monoisotopic (exact) mass is 250 g/mol. The van der Waals surface area contributed by atoms with Gasteiger partial charge in [0.1, 0.15) is 16.8 Å². The molecule has 1 aromatic rings. The average molecular weight is 251 g/mol. The zero-order valence-electron chi connectivity index (χ0n) is 8.48. The van der Waals surface area contributed by atoms with Crippen LogP contribution in [0.5, 0.6) is 0 Å². The van der Waals surface area contributed by atoms with Crippen molar-refractivity contribution in [2.75, 3.05) is 17.2 Å². The first-order chi connectivity index (χ1) is 8.10. The fraction of sp³-hybridized carbons (Fsp3) is 0.100. The number of nitriles is 1. The normalized spacial score (nSPS) is 12.7. The Morgan fingerprint density at radius 1 is 1.71 bits per heavy atom. The van der Waals surface area contributed by atoms with Crippen molar-refractivity contribution in [3.05, 3.63) is 33.3 Å². The van der Waals surface area contributed by atoms with E-state index in [2.05, 4.69) is 9.83 Å². The molecule has 0 fully saturated rings. The van der Waals surface area contributed by atoms with Crippen LogP contribution in [0.15, 0.2) is 11.9 Å². The van der Waals surface area contributed by atoms with Crippen molar-refractivity contribution in [1.29, 1.82) is 5.26 Å². The molecule has 0 unspecified atom stereocenters. The Bertz CT molecular complexity index is 611. The van der Waals surface area contributed by atoms with Crippen LogP contribution in [0.25, 0.3) is 4.85 Å². The maximum atomic E-state index is 13.8. The van der Waals surface area contributed by atoms with Crippen molar-refractivity contribution in [1.82, 2.24) is 4.98 Å². The lowest BCUT2D eigenvalue weighted by atomic mass is 10.3. The Labute approximate surface area is 101 Å². The van der Waals surface area contributed by atoms with E-state index in [1.807, 2.05) is 0 Å². The minimum absolute atomic E-state index is 0.0675. The molecule has 0 bridgehead atoms. The average Bonchev–Trinajstić information content (AvgIpc) is 3.06. The Morgan fingerprint density at radius 3 is 3.00 bits per heavy atom. The Balaban J connectivity index is 2.42. The van der Waals surface area contributed by atoms with Crippen LogP contribution in [-0.2, 0) is 0 Å². The summed E-state index contributed by atoms with van der Waals surface area (Å²) in [7, 11) is 0. The van der Waals surface area contributed by atoms with E-state index in [1.165, 1.54) is 4.90 Å². The number of pyridine rings is 1. The van der Waals surface area contributed by atoms with E-state index < -0.39 is 5.82 Å². The van der Waals surface area contributed by atoms with Gasteiger partial charge in [0.15, 0.2) is 17.3 Å². The van der Waals surface area contributed by atoms with E-state index in [1.54, 1.807) is 12.3 Å². The summed E-state index contributed by atoms with van der Waals surface area (Å²) in [6.45, 7) is 5.24. The highest BCUT2D eigenvalue weighted by Gasteiger charge is 2.32. The SMILES string of the molecule is C#[N+]CC1=CN1c1nc(C#N)c(Cl)c(N)c1F. The molecule has 0 atom stereocenters. The zero-order chi connectivity index (χ0) is 12.6. The maximum absolute atomic E-state index is 13.8. The lowest BCUT2D eigenvalue weighted by molar-refractivity contribution is 0.628. The number of hydrogen-bond donors (Lipinski definition) is 1. The summed E-state index contributed by atoms with van der Waals surface area (Å²) in [6, 6.07) is 1.75. The number of halogens is 2. The second-order valence-electron chi connectivity index (χ2n) is 3.27. The first-order valence-corrected chi connectivity index (χ1v) is 4.89. The lowest BCUT2D eigenvalue weighted by Crippen LogP contribution is -2.07. The van der Waals surface area contributed by atoms with Crippen LogP contribution in [-0.4, -0.2) is 11.5 Å². The van der Waals surface area contributed by atoms with Gasteiger partial charge in [-0.15, -0.1) is 0 Å². The Hall–Kier alpha value is -2.31. The van der Waals surface area contributed by atoms with Gasteiger partial charge in [-0.3, -0.25) is 4.90 Å². The van der Waals surface area contributed by atoms with Gasteiger partial charge in [-0.05, 0) is 0 Å². The van der Waals surface area contributed by atoms with Gasteiger partial charge in [-0.2, -0.15) is 5.26 Å². The number of nitrogens with zero attached hydrogens (tertiary/aromatic N) is 4. The molecule has 0 saturated heterocycles. The molecule has 0 aliphatic carbocycles. The van der Waals surface area contributed by atoms with Gasteiger partial charge in [0, 0.05) is 6.20 Å². The standard InChI is InChI=1S/C10H6ClFN5/c1-15-3-5-4-17(5)10-8(12)9(14)7(11)6(2-13)16-10/h1,4H,3H2,(H2,14,16)/q+1. The number of nitrogen functional groups attached to an aromatic ring is 1. The molecule has 7 heteroatoms. The van der Waals surface area contributed by atoms with Crippen LogP contribution in [0.4, 0.5) is 15.9 Å². The Morgan fingerprint density at radius 2 is 2.41 bits per heavy atom. The van der Waals surface area contributed by atoms with Crippen molar-refractivity contribution >= 4 is 23.1 Å². The van der Waals surface area contributed by atoms with E-state index >= 15 is 0 Å². The second-order valence-corrected chi connectivity index (χ2v) is 3.65. The van der Waals surface area contributed by atoms with E-state index in [9.17, 15) is 4.39 Å². The van der Waals surface area contributed by atoms with Gasteiger partial charge in [-0.1, -0.05) is 16.4 Å².